The molecule has 0 amide bonds. The van der Waals surface area contributed by atoms with E-state index in [2.05, 4.69) is 0 Å². The Morgan fingerprint density at radius 2 is 1.25 bits per heavy atom. The topological polar surface area (TPSA) is 0 Å². The molecule has 0 fully saturated rings. The zero-order valence-corrected chi connectivity index (χ0v) is 6.94. The molecule has 4 heavy (non-hydrogen) atoms. The molecule has 0 saturated carbocycles. The first-order chi connectivity index (χ1) is 1.41. The molecule has 3 heteroatoms. The van der Waals surface area contributed by atoms with Crippen molar-refractivity contribution in [3.05, 3.63) is 7.43 Å². The molecule has 0 aliphatic heterocycles. The van der Waals surface area contributed by atoms with E-state index in [4.69, 9.17) is 19.4 Å². The molecule has 0 nitrogen and oxygen atoms in total. The maximum atomic E-state index is 4.95. The molecule has 24 valence electrons. The van der Waals surface area contributed by atoms with Gasteiger partial charge >= 0.3 is 34.5 Å². The number of hydrogen-bond acceptors (Lipinski definition) is 0. The van der Waals surface area contributed by atoms with E-state index < -0.39 is 15.1 Å². The average Bonchev–Trinajstić information content (AvgIpc) is 0.918. The van der Waals surface area contributed by atoms with Crippen LogP contribution in [-0.4, -0.2) is 0 Å². The molecule has 0 aromatic carbocycles. The van der Waals surface area contributed by atoms with Gasteiger partial charge in [0.25, 0.3) is 0 Å². The van der Waals surface area contributed by atoms with E-state index in [1.54, 1.807) is 0 Å². The van der Waals surface area contributed by atoms with Crippen molar-refractivity contribution in [3.63, 3.8) is 0 Å². The van der Waals surface area contributed by atoms with E-state index in [1.807, 2.05) is 0 Å². The molecular weight excluding hydrogens is 148 g/mol. The van der Waals surface area contributed by atoms with Crippen molar-refractivity contribution in [1.29, 1.82) is 0 Å². The summed E-state index contributed by atoms with van der Waals surface area (Å²) in [4.78, 5) is 0. The second-order valence-electron chi connectivity index (χ2n) is 0.101. The standard InChI is InChI=1S/CH3.2ClH.Zn/h1H3;2*1H;/q-1;;;+2/p-2. The Morgan fingerprint density at radius 3 is 1.25 bits per heavy atom. The summed E-state index contributed by atoms with van der Waals surface area (Å²) < 4.78 is 0. The van der Waals surface area contributed by atoms with Crippen molar-refractivity contribution in [2.45, 2.75) is 0 Å². The Balaban J connectivity index is 0. The minimum absolute atomic E-state index is 0. The summed E-state index contributed by atoms with van der Waals surface area (Å²) >= 11 is -0.931. The van der Waals surface area contributed by atoms with Crippen LogP contribution in [0.5, 0.6) is 0 Å². The van der Waals surface area contributed by atoms with Crippen LogP contribution in [-0.2, 0) is 15.1 Å². The first-order valence-electron chi connectivity index (χ1n) is 0.535. The van der Waals surface area contributed by atoms with Crippen LogP contribution in [0.1, 0.15) is 0 Å². The molecule has 0 N–H and O–H groups in total. The van der Waals surface area contributed by atoms with E-state index in [-0.39, 0.29) is 7.43 Å². The summed E-state index contributed by atoms with van der Waals surface area (Å²) in [7, 11) is 9.90. The van der Waals surface area contributed by atoms with Crippen molar-refractivity contribution in [2.24, 2.45) is 0 Å². The van der Waals surface area contributed by atoms with Gasteiger partial charge in [0.15, 0.2) is 0 Å². The second kappa shape index (κ2) is 8.88. The monoisotopic (exact) mass is 149 g/mol. The van der Waals surface area contributed by atoms with Crippen LogP contribution in [0, 0.1) is 7.43 Å². The molecule has 0 unspecified atom stereocenters. The number of halogens is 2. The Hall–Kier alpha value is 1.20. The van der Waals surface area contributed by atoms with Gasteiger partial charge in [-0.2, -0.15) is 0 Å². The first-order valence-corrected chi connectivity index (χ1v) is 8.33. The van der Waals surface area contributed by atoms with Crippen LogP contribution in [0.15, 0.2) is 0 Å². The number of rotatable bonds is 0. The average molecular weight is 151 g/mol. The van der Waals surface area contributed by atoms with Crippen LogP contribution < -0.4 is 0 Å². The van der Waals surface area contributed by atoms with Gasteiger partial charge in [-0.25, -0.2) is 0 Å². The molecule has 0 aliphatic carbocycles. The molecule has 0 bridgehead atoms. The predicted molar refractivity (Wildman–Crippen MR) is 18.1 cm³/mol. The Bertz CT molecular complexity index is 6.00. The third kappa shape index (κ3) is 10.7. The Labute approximate surface area is 42.2 Å². The van der Waals surface area contributed by atoms with Gasteiger partial charge in [-0.1, -0.05) is 0 Å². The fourth-order valence-electron chi connectivity index (χ4n) is 0. The molecule has 0 saturated heterocycles. The van der Waals surface area contributed by atoms with Crippen molar-refractivity contribution in [3.8, 4) is 0 Å². The van der Waals surface area contributed by atoms with Gasteiger partial charge in [-0.15, -0.1) is 0 Å². The SMILES string of the molecule is [CH3-].[Cl][Zn][Cl]. The second-order valence-corrected chi connectivity index (χ2v) is 4.72. The molecule has 0 atom stereocenters. The van der Waals surface area contributed by atoms with Crippen molar-refractivity contribution < 1.29 is 15.1 Å². The van der Waals surface area contributed by atoms with Crippen LogP contribution >= 0.6 is 19.4 Å². The summed E-state index contributed by atoms with van der Waals surface area (Å²) in [6, 6.07) is 0. The van der Waals surface area contributed by atoms with E-state index in [1.165, 1.54) is 0 Å². The van der Waals surface area contributed by atoms with E-state index in [0.29, 0.717) is 0 Å². The minimum atomic E-state index is -0.931. The molecule has 0 heterocycles. The normalized spacial score (nSPS) is 2.50. The van der Waals surface area contributed by atoms with Gasteiger partial charge in [0.05, 0.1) is 0 Å². The van der Waals surface area contributed by atoms with Gasteiger partial charge in [0, 0.05) is 0 Å². The summed E-state index contributed by atoms with van der Waals surface area (Å²) in [5.41, 5.74) is 0. The summed E-state index contributed by atoms with van der Waals surface area (Å²) in [6.07, 6.45) is 0. The van der Waals surface area contributed by atoms with Gasteiger partial charge in [0.1, 0.15) is 0 Å². The molecular formula is CH3Cl2Zn-. The quantitative estimate of drug-likeness (QED) is 0.366. The first kappa shape index (κ1) is 8.96. The third-order valence-electron chi connectivity index (χ3n) is 0. The fourth-order valence-corrected chi connectivity index (χ4v) is 0. The van der Waals surface area contributed by atoms with Gasteiger partial charge in [-0.05, 0) is 0 Å². The molecule has 0 aromatic heterocycles. The Morgan fingerprint density at radius 1 is 1.25 bits per heavy atom. The van der Waals surface area contributed by atoms with Crippen LogP contribution in [0.4, 0.5) is 0 Å². The Kier molecular flexibility index (Phi) is 19.9. The van der Waals surface area contributed by atoms with Crippen LogP contribution in [0.2, 0.25) is 0 Å². The molecule has 0 rings (SSSR count). The predicted octanol–water partition coefficient (Wildman–Crippen LogP) is 1.83. The summed E-state index contributed by atoms with van der Waals surface area (Å²) in [6.45, 7) is 0. The van der Waals surface area contributed by atoms with Crippen LogP contribution in [0.25, 0.3) is 0 Å². The molecule has 0 aliphatic rings. The summed E-state index contributed by atoms with van der Waals surface area (Å²) in [5.74, 6) is 0. The number of hydrogen-bond donors (Lipinski definition) is 0. The fraction of sp³-hybridized carbons (Fsp3) is 0. The van der Waals surface area contributed by atoms with Crippen molar-refractivity contribution >= 4 is 19.4 Å². The zero-order chi connectivity index (χ0) is 2.71. The molecule has 0 aromatic rings. The zero-order valence-electron chi connectivity index (χ0n) is 2.46. The van der Waals surface area contributed by atoms with Crippen molar-refractivity contribution in [1.82, 2.24) is 0 Å². The van der Waals surface area contributed by atoms with Crippen LogP contribution in [0.3, 0.4) is 0 Å². The molecule has 0 radical (unpaired) electrons. The maximum absolute atomic E-state index is 4.95. The van der Waals surface area contributed by atoms with E-state index >= 15 is 0 Å². The third-order valence-corrected chi connectivity index (χ3v) is 0. The van der Waals surface area contributed by atoms with E-state index in [9.17, 15) is 0 Å². The van der Waals surface area contributed by atoms with E-state index in [0.717, 1.165) is 0 Å². The van der Waals surface area contributed by atoms with Gasteiger partial charge in [0.2, 0.25) is 0 Å². The van der Waals surface area contributed by atoms with Crippen molar-refractivity contribution in [2.75, 3.05) is 0 Å². The van der Waals surface area contributed by atoms with Gasteiger partial charge in [-0.3, -0.25) is 0 Å². The molecule has 0 spiro atoms. The summed E-state index contributed by atoms with van der Waals surface area (Å²) in [5, 5.41) is 0. The van der Waals surface area contributed by atoms with Gasteiger partial charge < -0.3 is 7.43 Å².